The monoisotopic (exact) mass is 416 g/mol. The fourth-order valence-electron chi connectivity index (χ4n) is 7.85. The Hall–Kier alpha value is 0. The highest BCUT2D eigenvalue weighted by atomic mass is 14.4. The van der Waals surface area contributed by atoms with E-state index in [9.17, 15) is 0 Å². The van der Waals surface area contributed by atoms with E-state index in [1.54, 1.807) is 51.4 Å². The first-order valence-corrected chi connectivity index (χ1v) is 14.6. The summed E-state index contributed by atoms with van der Waals surface area (Å²) >= 11 is 0. The van der Waals surface area contributed by atoms with E-state index in [1.165, 1.54) is 77.0 Å². The highest BCUT2D eigenvalue weighted by Gasteiger charge is 2.38. The molecule has 4 fully saturated rings. The fraction of sp³-hybridized carbons (Fsp3) is 1.00. The van der Waals surface area contributed by atoms with E-state index >= 15 is 0 Å². The van der Waals surface area contributed by atoms with Crippen molar-refractivity contribution >= 4 is 0 Å². The molecule has 4 aliphatic rings. The summed E-state index contributed by atoms with van der Waals surface area (Å²) in [4.78, 5) is 0. The van der Waals surface area contributed by atoms with E-state index in [1.807, 2.05) is 0 Å². The fourth-order valence-corrected chi connectivity index (χ4v) is 7.85. The minimum absolute atomic E-state index is 1.01. The summed E-state index contributed by atoms with van der Waals surface area (Å²) in [7, 11) is 0. The summed E-state index contributed by atoms with van der Waals surface area (Å²) in [6, 6.07) is 0. The standard InChI is InChI=1S/C23H42.C7H14/c1-18-9-8-14-22(17-18)23-16-15-21(19(23)2)13-7-6-12-20-10-4-3-5-11-20;1-7-5-3-2-4-6-7/h18-23H,3-17H2,1-2H3;7H,2-6H2,1H3. The van der Waals surface area contributed by atoms with Crippen molar-refractivity contribution in [2.75, 3.05) is 0 Å². The summed E-state index contributed by atoms with van der Waals surface area (Å²) in [6.45, 7) is 7.47. The lowest BCUT2D eigenvalue weighted by Crippen LogP contribution is -2.25. The zero-order valence-electron chi connectivity index (χ0n) is 21.2. The molecule has 0 bridgehead atoms. The van der Waals surface area contributed by atoms with Crippen molar-refractivity contribution in [1.82, 2.24) is 0 Å². The quantitative estimate of drug-likeness (QED) is 0.378. The number of rotatable bonds is 6. The van der Waals surface area contributed by atoms with Crippen molar-refractivity contribution in [2.45, 2.75) is 149 Å². The molecule has 0 saturated heterocycles. The zero-order valence-corrected chi connectivity index (χ0v) is 21.2. The molecule has 176 valence electrons. The number of unbranched alkanes of at least 4 members (excludes halogenated alkanes) is 1. The second-order valence-corrected chi connectivity index (χ2v) is 12.4. The van der Waals surface area contributed by atoms with Crippen molar-refractivity contribution in [3.05, 3.63) is 0 Å². The van der Waals surface area contributed by atoms with Crippen LogP contribution in [0.4, 0.5) is 0 Å². The predicted molar refractivity (Wildman–Crippen MR) is 134 cm³/mol. The van der Waals surface area contributed by atoms with Gasteiger partial charge in [-0.1, -0.05) is 130 Å². The maximum absolute atomic E-state index is 2.61. The van der Waals surface area contributed by atoms with Gasteiger partial charge in [0, 0.05) is 0 Å². The normalized spacial score (nSPS) is 36.3. The van der Waals surface area contributed by atoms with Crippen molar-refractivity contribution in [3.63, 3.8) is 0 Å². The molecular weight excluding hydrogens is 360 g/mol. The molecule has 0 amide bonds. The lowest BCUT2D eigenvalue weighted by atomic mass is 9.71. The van der Waals surface area contributed by atoms with Crippen LogP contribution in [0.3, 0.4) is 0 Å². The van der Waals surface area contributed by atoms with Crippen LogP contribution >= 0.6 is 0 Å². The van der Waals surface area contributed by atoms with E-state index in [-0.39, 0.29) is 0 Å². The van der Waals surface area contributed by atoms with Gasteiger partial charge in [-0.25, -0.2) is 0 Å². The van der Waals surface area contributed by atoms with Crippen LogP contribution in [-0.2, 0) is 0 Å². The van der Waals surface area contributed by atoms with E-state index in [0.717, 1.165) is 41.4 Å². The first-order valence-electron chi connectivity index (χ1n) is 14.6. The molecule has 0 aromatic rings. The molecular formula is C30H56. The number of hydrogen-bond donors (Lipinski definition) is 0. The molecule has 0 N–H and O–H groups in total. The lowest BCUT2D eigenvalue weighted by molar-refractivity contribution is 0.161. The highest BCUT2D eigenvalue weighted by molar-refractivity contribution is 4.88. The highest BCUT2D eigenvalue weighted by Crippen LogP contribution is 2.48. The van der Waals surface area contributed by atoms with Crippen LogP contribution in [0, 0.1) is 41.4 Å². The molecule has 0 heteroatoms. The molecule has 30 heavy (non-hydrogen) atoms. The van der Waals surface area contributed by atoms with Gasteiger partial charge in [-0.05, 0) is 60.7 Å². The smallest absolute Gasteiger partial charge is 0.0357 e. The molecule has 4 saturated carbocycles. The van der Waals surface area contributed by atoms with Gasteiger partial charge in [-0.3, -0.25) is 0 Å². The van der Waals surface area contributed by atoms with Crippen LogP contribution in [0.15, 0.2) is 0 Å². The van der Waals surface area contributed by atoms with Crippen molar-refractivity contribution < 1.29 is 0 Å². The third-order valence-corrected chi connectivity index (χ3v) is 9.93. The Kier molecular flexibility index (Phi) is 11.1. The second kappa shape index (κ2) is 13.5. The van der Waals surface area contributed by atoms with E-state index in [2.05, 4.69) is 20.8 Å². The third-order valence-electron chi connectivity index (χ3n) is 9.93. The minimum Gasteiger partial charge on any atom is -0.0625 e. The van der Waals surface area contributed by atoms with Gasteiger partial charge in [-0.2, -0.15) is 0 Å². The van der Waals surface area contributed by atoms with Gasteiger partial charge in [0.05, 0.1) is 0 Å². The van der Waals surface area contributed by atoms with E-state index in [4.69, 9.17) is 0 Å². The van der Waals surface area contributed by atoms with Gasteiger partial charge >= 0.3 is 0 Å². The van der Waals surface area contributed by atoms with Gasteiger partial charge < -0.3 is 0 Å². The molecule has 0 aromatic carbocycles. The van der Waals surface area contributed by atoms with Gasteiger partial charge in [0.1, 0.15) is 0 Å². The van der Waals surface area contributed by atoms with Crippen molar-refractivity contribution in [3.8, 4) is 0 Å². The summed E-state index contributed by atoms with van der Waals surface area (Å²) in [6.07, 6.45) is 30.5. The van der Waals surface area contributed by atoms with Crippen LogP contribution in [0.2, 0.25) is 0 Å². The maximum atomic E-state index is 2.61. The second-order valence-electron chi connectivity index (χ2n) is 12.4. The average molecular weight is 417 g/mol. The largest absolute Gasteiger partial charge is 0.0625 e. The van der Waals surface area contributed by atoms with E-state index < -0.39 is 0 Å². The Labute approximate surface area is 190 Å². The molecule has 0 aromatic heterocycles. The van der Waals surface area contributed by atoms with Gasteiger partial charge in [0.25, 0.3) is 0 Å². The Balaban J connectivity index is 0.000000310. The summed E-state index contributed by atoms with van der Waals surface area (Å²) in [5, 5.41) is 0. The molecule has 0 radical (unpaired) electrons. The average Bonchev–Trinajstić information content (AvgIpc) is 3.13. The van der Waals surface area contributed by atoms with Gasteiger partial charge in [0.2, 0.25) is 0 Å². The van der Waals surface area contributed by atoms with Crippen LogP contribution in [0.1, 0.15) is 149 Å². The molecule has 0 heterocycles. The topological polar surface area (TPSA) is 0 Å². The summed E-state index contributed by atoms with van der Waals surface area (Å²) in [5.74, 6) is 7.41. The van der Waals surface area contributed by atoms with Crippen molar-refractivity contribution in [1.29, 1.82) is 0 Å². The Morgan fingerprint density at radius 1 is 0.533 bits per heavy atom. The minimum atomic E-state index is 1.01. The predicted octanol–water partition coefficient (Wildman–Crippen LogP) is 10.2. The molecule has 4 rings (SSSR count). The Morgan fingerprint density at radius 3 is 1.80 bits per heavy atom. The molecule has 4 aliphatic carbocycles. The first-order chi connectivity index (χ1) is 14.6. The Bertz CT molecular complexity index is 427. The molecule has 0 nitrogen and oxygen atoms in total. The van der Waals surface area contributed by atoms with E-state index in [0.29, 0.717) is 0 Å². The van der Waals surface area contributed by atoms with Crippen LogP contribution in [0.5, 0.6) is 0 Å². The molecule has 0 aliphatic heterocycles. The SMILES string of the molecule is CC1CCCC(C2CCC(CCCCC3CCCCC3)C2C)C1.CC1CCCCC1. The first kappa shape index (κ1) is 24.6. The molecule has 0 spiro atoms. The zero-order chi connectivity index (χ0) is 21.2. The summed E-state index contributed by atoms with van der Waals surface area (Å²) < 4.78 is 0. The maximum Gasteiger partial charge on any atom is -0.0357 e. The van der Waals surface area contributed by atoms with Crippen molar-refractivity contribution in [2.24, 2.45) is 41.4 Å². The summed E-state index contributed by atoms with van der Waals surface area (Å²) in [5.41, 5.74) is 0. The van der Waals surface area contributed by atoms with Gasteiger partial charge in [-0.15, -0.1) is 0 Å². The lowest BCUT2D eigenvalue weighted by Gasteiger charge is -2.34. The van der Waals surface area contributed by atoms with Crippen LogP contribution in [-0.4, -0.2) is 0 Å². The molecule has 5 unspecified atom stereocenters. The number of hydrogen-bond acceptors (Lipinski definition) is 0. The molecule has 5 atom stereocenters. The van der Waals surface area contributed by atoms with Gasteiger partial charge in [0.15, 0.2) is 0 Å². The third kappa shape index (κ3) is 8.16. The van der Waals surface area contributed by atoms with Crippen LogP contribution < -0.4 is 0 Å². The van der Waals surface area contributed by atoms with Crippen LogP contribution in [0.25, 0.3) is 0 Å². The Morgan fingerprint density at radius 2 is 1.17 bits per heavy atom.